The minimum absolute atomic E-state index is 0.00825. The van der Waals surface area contributed by atoms with Crippen molar-refractivity contribution >= 4 is 44.9 Å². The highest BCUT2D eigenvalue weighted by molar-refractivity contribution is 7.93. The molecule has 0 saturated heterocycles. The van der Waals surface area contributed by atoms with Crippen molar-refractivity contribution in [2.75, 3.05) is 18.0 Å². The summed E-state index contributed by atoms with van der Waals surface area (Å²) in [6, 6.07) is 10.9. The first-order valence-corrected chi connectivity index (χ1v) is 9.36. The van der Waals surface area contributed by atoms with Gasteiger partial charge in [0.1, 0.15) is 10.6 Å². The molecule has 1 atom stereocenters. The smallest absolute Gasteiger partial charge is 0.348 e. The van der Waals surface area contributed by atoms with Gasteiger partial charge >= 0.3 is 5.97 Å². The lowest BCUT2D eigenvalue weighted by molar-refractivity contribution is -0.148. The third-order valence-corrected chi connectivity index (χ3v) is 6.40. The zero-order chi connectivity index (χ0) is 18.2. The number of halogens is 2. The van der Waals surface area contributed by atoms with E-state index in [9.17, 15) is 13.2 Å². The molecule has 9 heteroatoms. The molecule has 0 unspecified atom stereocenters. The van der Waals surface area contributed by atoms with Crippen LogP contribution in [0.4, 0.5) is 5.69 Å². The van der Waals surface area contributed by atoms with Gasteiger partial charge in [-0.2, -0.15) is 0 Å². The molecule has 0 N–H and O–H groups in total. The maximum Gasteiger partial charge on any atom is 0.348 e. The first-order valence-electron chi connectivity index (χ1n) is 7.16. The topological polar surface area (TPSA) is 72.9 Å². The van der Waals surface area contributed by atoms with Crippen LogP contribution in [0.3, 0.4) is 0 Å². The van der Waals surface area contributed by atoms with Crippen molar-refractivity contribution in [1.82, 2.24) is 0 Å². The van der Waals surface area contributed by atoms with Crippen molar-refractivity contribution in [3.8, 4) is 5.75 Å². The number of carbonyl (C=O) groups is 1. The summed E-state index contributed by atoms with van der Waals surface area (Å²) in [5, 5.41) is -0.0165. The quantitative estimate of drug-likeness (QED) is 0.738. The molecule has 25 heavy (non-hydrogen) atoms. The van der Waals surface area contributed by atoms with Gasteiger partial charge < -0.3 is 9.47 Å². The van der Waals surface area contributed by atoms with Crippen molar-refractivity contribution in [1.29, 1.82) is 0 Å². The second kappa shape index (κ2) is 6.74. The van der Waals surface area contributed by atoms with Crippen molar-refractivity contribution in [3.63, 3.8) is 0 Å². The molecule has 0 amide bonds. The highest BCUT2D eigenvalue weighted by Crippen LogP contribution is 2.40. The second-order valence-corrected chi connectivity index (χ2v) is 7.80. The number of sulfonamides is 1. The molecule has 1 aliphatic heterocycles. The van der Waals surface area contributed by atoms with Gasteiger partial charge in [-0.3, -0.25) is 4.31 Å². The molecule has 2 aromatic rings. The predicted molar refractivity (Wildman–Crippen MR) is 93.9 cm³/mol. The Morgan fingerprint density at radius 3 is 2.44 bits per heavy atom. The first-order chi connectivity index (χ1) is 11.9. The summed E-state index contributed by atoms with van der Waals surface area (Å²) in [7, 11) is -2.93. The van der Waals surface area contributed by atoms with E-state index in [0.717, 1.165) is 4.31 Å². The fourth-order valence-electron chi connectivity index (χ4n) is 2.52. The van der Waals surface area contributed by atoms with Gasteiger partial charge in [-0.1, -0.05) is 41.4 Å². The van der Waals surface area contributed by atoms with Gasteiger partial charge in [0, 0.05) is 0 Å². The lowest BCUT2D eigenvalue weighted by atomic mass is 10.2. The molecule has 0 bridgehead atoms. The van der Waals surface area contributed by atoms with E-state index >= 15 is 0 Å². The van der Waals surface area contributed by atoms with E-state index in [1.165, 1.54) is 19.2 Å². The van der Waals surface area contributed by atoms with Gasteiger partial charge in [-0.05, 0) is 24.3 Å². The third-order valence-electron chi connectivity index (χ3n) is 3.67. The summed E-state index contributed by atoms with van der Waals surface area (Å²) < 4.78 is 37.7. The van der Waals surface area contributed by atoms with Gasteiger partial charge in [0.15, 0.2) is 0 Å². The van der Waals surface area contributed by atoms with Crippen molar-refractivity contribution in [2.45, 2.75) is 11.0 Å². The number of para-hydroxylation sites is 2. The number of ether oxygens (including phenoxy) is 2. The molecular formula is C16H13Cl2NO5S. The van der Waals surface area contributed by atoms with Crippen LogP contribution in [-0.2, 0) is 19.6 Å². The number of hydrogen-bond donors (Lipinski definition) is 0. The number of fused-ring (bicyclic) bond motifs is 1. The Morgan fingerprint density at radius 2 is 1.80 bits per heavy atom. The number of hydrogen-bond acceptors (Lipinski definition) is 5. The number of methoxy groups -OCH3 is 1. The van der Waals surface area contributed by atoms with E-state index in [1.807, 2.05) is 0 Å². The number of benzene rings is 2. The lowest BCUT2D eigenvalue weighted by Crippen LogP contribution is -2.47. The van der Waals surface area contributed by atoms with Crippen LogP contribution in [-0.4, -0.2) is 34.1 Å². The molecule has 6 nitrogen and oxygen atoms in total. The molecule has 0 aliphatic carbocycles. The van der Waals surface area contributed by atoms with Gasteiger partial charge in [-0.25, -0.2) is 13.2 Å². The van der Waals surface area contributed by atoms with Crippen molar-refractivity contribution in [3.05, 3.63) is 52.5 Å². The Kier molecular flexibility index (Phi) is 4.81. The molecule has 2 aromatic carbocycles. The van der Waals surface area contributed by atoms with Crippen LogP contribution >= 0.6 is 23.2 Å². The van der Waals surface area contributed by atoms with Gasteiger partial charge in [-0.15, -0.1) is 0 Å². The first kappa shape index (κ1) is 17.8. The average Bonchev–Trinajstić information content (AvgIpc) is 2.59. The van der Waals surface area contributed by atoms with Crippen molar-refractivity contribution < 1.29 is 22.7 Å². The molecule has 0 radical (unpaired) electrons. The van der Waals surface area contributed by atoms with E-state index in [0.29, 0.717) is 5.69 Å². The zero-order valence-electron chi connectivity index (χ0n) is 13.0. The van der Waals surface area contributed by atoms with E-state index < -0.39 is 22.1 Å². The van der Waals surface area contributed by atoms with E-state index in [4.69, 9.17) is 27.9 Å². The molecule has 1 heterocycles. The summed E-state index contributed by atoms with van der Waals surface area (Å²) in [5.41, 5.74) is 0.290. The molecule has 1 aliphatic rings. The standard InChI is InChI=1S/C16H13Cl2NO5S/c1-23-16(20)14-9-19(12-7-2-3-8-13(12)24-14)25(21,22)15-10(17)5-4-6-11(15)18/h2-8,14H,9H2,1H3/t14-/m0/s1. The van der Waals surface area contributed by atoms with Crippen LogP contribution < -0.4 is 9.04 Å². The lowest BCUT2D eigenvalue weighted by Gasteiger charge is -2.34. The Labute approximate surface area is 154 Å². The average molecular weight is 402 g/mol. The Bertz CT molecular complexity index is 912. The fraction of sp³-hybridized carbons (Fsp3) is 0.188. The summed E-state index contributed by atoms with van der Waals surface area (Å²) in [5.74, 6) is -0.434. The maximum absolute atomic E-state index is 13.2. The largest absolute Gasteiger partial charge is 0.475 e. The summed E-state index contributed by atoms with van der Waals surface area (Å²) in [6.07, 6.45) is -1.10. The fourth-order valence-corrected chi connectivity index (χ4v) is 5.10. The Morgan fingerprint density at radius 1 is 1.16 bits per heavy atom. The van der Waals surface area contributed by atoms with E-state index in [-0.39, 0.29) is 27.2 Å². The molecule has 3 rings (SSSR count). The predicted octanol–water partition coefficient (Wildman–Crippen LogP) is 3.12. The monoisotopic (exact) mass is 401 g/mol. The second-order valence-electron chi connectivity index (χ2n) is 5.18. The third kappa shape index (κ3) is 3.15. The minimum Gasteiger partial charge on any atom is -0.475 e. The van der Waals surface area contributed by atoms with Crippen LogP contribution in [0.1, 0.15) is 0 Å². The summed E-state index contributed by atoms with van der Waals surface area (Å²) in [6.45, 7) is -0.256. The van der Waals surface area contributed by atoms with Crippen LogP contribution in [0.25, 0.3) is 0 Å². The number of carbonyl (C=O) groups excluding carboxylic acids is 1. The number of esters is 1. The SMILES string of the molecule is COC(=O)[C@@H]1CN(S(=O)(=O)c2c(Cl)cccc2Cl)c2ccccc2O1. The van der Waals surface area contributed by atoms with Gasteiger partial charge in [0.25, 0.3) is 10.0 Å². The zero-order valence-corrected chi connectivity index (χ0v) is 15.3. The van der Waals surface area contributed by atoms with E-state index in [2.05, 4.69) is 4.74 Å². The van der Waals surface area contributed by atoms with Crippen LogP contribution in [0.2, 0.25) is 10.0 Å². The highest BCUT2D eigenvalue weighted by atomic mass is 35.5. The molecular weight excluding hydrogens is 389 g/mol. The van der Waals surface area contributed by atoms with Gasteiger partial charge in [0.2, 0.25) is 6.10 Å². The van der Waals surface area contributed by atoms with E-state index in [1.54, 1.807) is 30.3 Å². The number of anilines is 1. The number of rotatable bonds is 3. The van der Waals surface area contributed by atoms with Gasteiger partial charge in [0.05, 0.1) is 29.4 Å². The van der Waals surface area contributed by atoms with Crippen LogP contribution in [0.15, 0.2) is 47.4 Å². The Balaban J connectivity index is 2.16. The van der Waals surface area contributed by atoms with Crippen molar-refractivity contribution in [2.24, 2.45) is 0 Å². The summed E-state index contributed by atoms with van der Waals surface area (Å²) in [4.78, 5) is 11.7. The minimum atomic E-state index is -4.13. The molecule has 0 saturated carbocycles. The van der Waals surface area contributed by atoms with Crippen LogP contribution in [0, 0.1) is 0 Å². The maximum atomic E-state index is 13.2. The Hall–Kier alpha value is -1.96. The molecule has 132 valence electrons. The van der Waals surface area contributed by atoms with Crippen LogP contribution in [0.5, 0.6) is 5.75 Å². The molecule has 0 fully saturated rings. The number of nitrogens with zero attached hydrogens (tertiary/aromatic N) is 1. The normalized spacial score (nSPS) is 16.8. The summed E-state index contributed by atoms with van der Waals surface area (Å²) >= 11 is 12.1. The highest BCUT2D eigenvalue weighted by Gasteiger charge is 2.39. The molecule has 0 spiro atoms. The molecule has 0 aromatic heterocycles.